The molecule has 14 heteroatoms. The number of hydrogen-bond acceptors (Lipinski definition) is 10. The van der Waals surface area contributed by atoms with E-state index in [9.17, 15) is 14.4 Å². The molecule has 2 N–H and O–H groups in total. The van der Waals surface area contributed by atoms with Gasteiger partial charge in [0.25, 0.3) is 11.8 Å². The van der Waals surface area contributed by atoms with Crippen molar-refractivity contribution < 1.29 is 33.3 Å². The van der Waals surface area contributed by atoms with Gasteiger partial charge in [0.2, 0.25) is 5.91 Å². The van der Waals surface area contributed by atoms with Crippen molar-refractivity contribution >= 4 is 17.7 Å². The molecule has 1 saturated heterocycles. The number of tetrazole rings is 1. The van der Waals surface area contributed by atoms with Crippen LogP contribution in [0.2, 0.25) is 0 Å². The molecule has 3 aromatic carbocycles. The summed E-state index contributed by atoms with van der Waals surface area (Å²) in [6, 6.07) is 17.0. The van der Waals surface area contributed by atoms with Crippen molar-refractivity contribution in [1.29, 1.82) is 0 Å². The monoisotopic (exact) mass is 627 g/mol. The van der Waals surface area contributed by atoms with Gasteiger partial charge in [-0.15, -0.1) is 5.10 Å². The van der Waals surface area contributed by atoms with Crippen LogP contribution in [-0.2, 0) is 22.6 Å². The second kappa shape index (κ2) is 13.5. The van der Waals surface area contributed by atoms with Crippen LogP contribution in [0.25, 0.3) is 5.69 Å². The molecule has 0 radical (unpaired) electrons. The van der Waals surface area contributed by atoms with Gasteiger partial charge < -0.3 is 34.5 Å². The zero-order chi connectivity index (χ0) is 32.0. The lowest BCUT2D eigenvalue weighted by atomic mass is 10.1. The summed E-state index contributed by atoms with van der Waals surface area (Å²) in [5.74, 6) is 1.16. The second-order valence-electron chi connectivity index (χ2n) is 10.9. The third-order valence-electron chi connectivity index (χ3n) is 7.88. The lowest BCUT2D eigenvalue weighted by Gasteiger charge is -2.22. The standard InChI is InChI=1S/C32H33N7O7/c1-43-27-14-24-10-7-22(27)15-33-30(40)12-4-20-3-11-26(28(13-20)44-2)45-18-31(41)35-25-16-38(17-29(25)46-24)32(42)21-5-8-23(9-6-21)39-19-34-36-37-39/h3,5-11,13-14,19,25,29H,4,12,15-18H2,1-2H3,(H,33,40)(H,35,41)/t25-,29-/m1/s1. The van der Waals surface area contributed by atoms with Crippen LogP contribution < -0.4 is 29.6 Å². The first-order chi connectivity index (χ1) is 22.4. The molecule has 1 aromatic heterocycles. The Kier molecular flexibility index (Phi) is 8.94. The molecule has 1 fully saturated rings. The normalized spacial score (nSPS) is 18.5. The van der Waals surface area contributed by atoms with E-state index in [1.165, 1.54) is 18.1 Å². The summed E-state index contributed by atoms with van der Waals surface area (Å²) in [5.41, 5.74) is 2.84. The van der Waals surface area contributed by atoms with E-state index < -0.39 is 12.1 Å². The van der Waals surface area contributed by atoms with Gasteiger partial charge in [0.1, 0.15) is 23.9 Å². The van der Waals surface area contributed by atoms with E-state index in [2.05, 4.69) is 26.2 Å². The summed E-state index contributed by atoms with van der Waals surface area (Å²) in [6.07, 6.45) is 1.66. The number of ether oxygens (including phenoxy) is 4. The molecule has 3 amide bonds. The van der Waals surface area contributed by atoms with E-state index >= 15 is 0 Å². The molecule has 2 atom stereocenters. The summed E-state index contributed by atoms with van der Waals surface area (Å²) in [6.45, 7) is 0.420. The summed E-state index contributed by atoms with van der Waals surface area (Å²) in [4.78, 5) is 41.0. The Balaban J connectivity index is 1.25. The molecule has 238 valence electrons. The van der Waals surface area contributed by atoms with Crippen molar-refractivity contribution in [1.82, 2.24) is 35.7 Å². The molecule has 0 spiro atoms. The van der Waals surface area contributed by atoms with Crippen molar-refractivity contribution in [3.8, 4) is 28.7 Å². The van der Waals surface area contributed by atoms with Gasteiger partial charge in [-0.25, -0.2) is 4.68 Å². The third kappa shape index (κ3) is 6.85. The van der Waals surface area contributed by atoms with Gasteiger partial charge in [-0.05, 0) is 70.9 Å². The predicted octanol–water partition coefficient (Wildman–Crippen LogP) is 1.71. The zero-order valence-corrected chi connectivity index (χ0v) is 25.3. The minimum absolute atomic E-state index is 0.114. The van der Waals surface area contributed by atoms with Crippen LogP contribution in [0.4, 0.5) is 0 Å². The lowest BCUT2D eigenvalue weighted by molar-refractivity contribution is -0.124. The molecule has 46 heavy (non-hydrogen) atoms. The fraction of sp³-hybridized carbons (Fsp3) is 0.312. The molecule has 14 nitrogen and oxygen atoms in total. The van der Waals surface area contributed by atoms with E-state index in [1.807, 2.05) is 12.1 Å². The topological polar surface area (TPSA) is 159 Å². The predicted molar refractivity (Wildman–Crippen MR) is 163 cm³/mol. The number of carbonyl (C=O) groups excluding carboxylic acids is 3. The number of aromatic nitrogens is 4. The third-order valence-corrected chi connectivity index (χ3v) is 7.88. The number of methoxy groups -OCH3 is 2. The van der Waals surface area contributed by atoms with Crippen molar-refractivity contribution in [3.63, 3.8) is 0 Å². The Morgan fingerprint density at radius 2 is 1.76 bits per heavy atom. The fourth-order valence-corrected chi connectivity index (χ4v) is 5.45. The first-order valence-electron chi connectivity index (χ1n) is 14.7. The quantitative estimate of drug-likeness (QED) is 0.341. The maximum absolute atomic E-state index is 13.6. The van der Waals surface area contributed by atoms with Crippen LogP contribution in [0.3, 0.4) is 0 Å². The molecule has 6 heterocycles. The van der Waals surface area contributed by atoms with Crippen molar-refractivity contribution in [2.45, 2.75) is 31.5 Å². The number of nitrogens with zero attached hydrogens (tertiary/aromatic N) is 5. The Labute approximate surface area is 264 Å². The maximum atomic E-state index is 13.6. The molecule has 9 rings (SSSR count). The lowest BCUT2D eigenvalue weighted by Crippen LogP contribution is -2.46. The van der Waals surface area contributed by atoms with E-state index in [0.29, 0.717) is 40.7 Å². The number of aryl methyl sites for hydroxylation is 1. The summed E-state index contributed by atoms with van der Waals surface area (Å²) in [5, 5.41) is 17.1. The van der Waals surface area contributed by atoms with Crippen LogP contribution in [-0.4, -0.2) is 88.9 Å². The van der Waals surface area contributed by atoms with Gasteiger partial charge in [0, 0.05) is 36.7 Å². The first kappa shape index (κ1) is 30.4. The van der Waals surface area contributed by atoms with Crippen LogP contribution in [0.1, 0.15) is 27.9 Å². The number of hydrogen-bond donors (Lipinski definition) is 2. The smallest absolute Gasteiger partial charge is 0.258 e. The average molecular weight is 628 g/mol. The molecular weight excluding hydrogens is 594 g/mol. The number of nitrogens with one attached hydrogen (secondary N) is 2. The molecule has 0 aliphatic carbocycles. The molecule has 4 aromatic rings. The van der Waals surface area contributed by atoms with Gasteiger partial charge in [-0.1, -0.05) is 6.07 Å². The molecule has 0 saturated carbocycles. The van der Waals surface area contributed by atoms with E-state index in [1.54, 1.807) is 60.5 Å². The van der Waals surface area contributed by atoms with Gasteiger partial charge in [-0.2, -0.15) is 0 Å². The molecular formula is C32H33N7O7. The minimum Gasteiger partial charge on any atom is -0.496 e. The van der Waals surface area contributed by atoms with Crippen molar-refractivity contribution in [2.24, 2.45) is 0 Å². The Morgan fingerprint density at radius 3 is 2.52 bits per heavy atom. The van der Waals surface area contributed by atoms with E-state index in [-0.39, 0.29) is 50.4 Å². The molecule has 5 aliphatic rings. The Hall–Kier alpha value is -5.66. The van der Waals surface area contributed by atoms with Crippen LogP contribution in [0.15, 0.2) is 67.0 Å². The largest absolute Gasteiger partial charge is 0.496 e. The maximum Gasteiger partial charge on any atom is 0.258 e. The Bertz CT molecular complexity index is 1710. The van der Waals surface area contributed by atoms with E-state index in [0.717, 1.165) is 11.1 Å². The van der Waals surface area contributed by atoms with Crippen LogP contribution in [0.5, 0.6) is 23.0 Å². The summed E-state index contributed by atoms with van der Waals surface area (Å²) >= 11 is 0. The average Bonchev–Trinajstić information content (AvgIpc) is 3.76. The first-order valence-corrected chi connectivity index (χ1v) is 14.7. The minimum atomic E-state index is -0.580. The number of amides is 3. The highest BCUT2D eigenvalue weighted by molar-refractivity contribution is 5.94. The number of likely N-dealkylation sites (tertiary alicyclic amines) is 1. The number of benzene rings is 3. The van der Waals surface area contributed by atoms with Gasteiger partial charge >= 0.3 is 0 Å². The highest BCUT2D eigenvalue weighted by Gasteiger charge is 2.38. The number of carbonyl (C=O) groups is 3. The molecule has 4 bridgehead atoms. The van der Waals surface area contributed by atoms with Gasteiger partial charge in [0.05, 0.1) is 32.5 Å². The second-order valence-corrected chi connectivity index (χ2v) is 10.9. The highest BCUT2D eigenvalue weighted by Crippen LogP contribution is 2.30. The molecule has 0 unspecified atom stereocenters. The fourth-order valence-electron chi connectivity index (χ4n) is 5.45. The van der Waals surface area contributed by atoms with Gasteiger partial charge in [0.15, 0.2) is 18.1 Å². The zero-order valence-electron chi connectivity index (χ0n) is 25.3. The van der Waals surface area contributed by atoms with E-state index in [4.69, 9.17) is 18.9 Å². The molecule has 5 aliphatic heterocycles. The number of rotatable bonds is 4. The van der Waals surface area contributed by atoms with Crippen molar-refractivity contribution in [2.75, 3.05) is 33.9 Å². The van der Waals surface area contributed by atoms with Crippen LogP contribution >= 0.6 is 0 Å². The SMILES string of the molecule is COc1cc2ccc1CNC(=O)CCc1ccc(c(OC)c1)OCC(=O)N[C@@H]1CN(C(=O)c3ccc(-n4cnnn4)cc3)C[C@H]1O2. The van der Waals surface area contributed by atoms with Crippen molar-refractivity contribution in [3.05, 3.63) is 83.7 Å². The van der Waals surface area contributed by atoms with Crippen LogP contribution in [0, 0.1) is 0 Å². The highest BCUT2D eigenvalue weighted by atomic mass is 16.5. The Morgan fingerprint density at radius 1 is 0.935 bits per heavy atom. The summed E-state index contributed by atoms with van der Waals surface area (Å²) in [7, 11) is 3.06. The van der Waals surface area contributed by atoms with Gasteiger partial charge in [-0.3, -0.25) is 14.4 Å². The summed E-state index contributed by atoms with van der Waals surface area (Å²) < 4.78 is 24.7.